The van der Waals surface area contributed by atoms with Crippen LogP contribution in [0.3, 0.4) is 0 Å². The summed E-state index contributed by atoms with van der Waals surface area (Å²) in [6.07, 6.45) is 8.38. The summed E-state index contributed by atoms with van der Waals surface area (Å²) in [5, 5.41) is 3.42. The highest BCUT2D eigenvalue weighted by molar-refractivity contribution is 5.81. The van der Waals surface area contributed by atoms with E-state index in [1.54, 1.807) is 0 Å². The van der Waals surface area contributed by atoms with Crippen molar-refractivity contribution in [3.05, 3.63) is 18.2 Å². The Morgan fingerprint density at radius 3 is 3.05 bits per heavy atom. The normalized spacial score (nSPS) is 25.9. The third-order valence-corrected chi connectivity index (χ3v) is 4.24. The van der Waals surface area contributed by atoms with Crippen LogP contribution in [-0.2, 0) is 16.0 Å². The largest absolute Gasteiger partial charge is 0.468 e. The van der Waals surface area contributed by atoms with Crippen LogP contribution in [0.25, 0.3) is 0 Å². The molecule has 0 saturated heterocycles. The van der Waals surface area contributed by atoms with E-state index in [1.165, 1.54) is 7.11 Å². The molecule has 112 valence electrons. The number of hydrogen-bond donors (Lipinski definition) is 1. The Morgan fingerprint density at radius 2 is 2.40 bits per heavy atom. The van der Waals surface area contributed by atoms with Gasteiger partial charge in [0.2, 0.25) is 0 Å². The number of aryl methyl sites for hydroxylation is 1. The number of ether oxygens (including phenoxy) is 1. The fourth-order valence-corrected chi connectivity index (χ4v) is 3.18. The molecular formula is C15H25N3O2. The van der Waals surface area contributed by atoms with Crippen LogP contribution in [0.4, 0.5) is 0 Å². The average molecular weight is 279 g/mol. The van der Waals surface area contributed by atoms with Crippen LogP contribution in [0, 0.1) is 0 Å². The van der Waals surface area contributed by atoms with E-state index in [0.717, 1.165) is 44.5 Å². The second-order valence-electron chi connectivity index (χ2n) is 5.50. The smallest absolute Gasteiger partial charge is 0.326 e. The molecular weight excluding hydrogens is 254 g/mol. The molecule has 1 fully saturated rings. The second kappa shape index (κ2) is 6.39. The van der Waals surface area contributed by atoms with Crippen molar-refractivity contribution in [2.24, 2.45) is 0 Å². The minimum Gasteiger partial charge on any atom is -0.468 e. The molecule has 1 aliphatic carbocycles. The summed E-state index contributed by atoms with van der Waals surface area (Å²) >= 11 is 0. The summed E-state index contributed by atoms with van der Waals surface area (Å²) in [6.45, 7) is 5.05. The summed E-state index contributed by atoms with van der Waals surface area (Å²) in [4.78, 5) is 16.6. The number of rotatable bonds is 6. The third kappa shape index (κ3) is 2.73. The van der Waals surface area contributed by atoms with E-state index in [1.807, 2.05) is 12.4 Å². The van der Waals surface area contributed by atoms with Crippen LogP contribution in [0.2, 0.25) is 0 Å². The first-order chi connectivity index (χ1) is 9.66. The fraction of sp³-hybridized carbons (Fsp3) is 0.733. The number of aromatic nitrogens is 2. The molecule has 0 amide bonds. The monoisotopic (exact) mass is 279 g/mol. The predicted octanol–water partition coefficient (Wildman–Crippen LogP) is 2.08. The second-order valence-corrected chi connectivity index (χ2v) is 5.50. The van der Waals surface area contributed by atoms with Gasteiger partial charge in [-0.2, -0.15) is 0 Å². The highest BCUT2D eigenvalue weighted by atomic mass is 16.5. The van der Waals surface area contributed by atoms with Crippen molar-refractivity contribution < 1.29 is 9.53 Å². The highest BCUT2D eigenvalue weighted by Gasteiger charge is 2.46. The van der Waals surface area contributed by atoms with Gasteiger partial charge < -0.3 is 14.6 Å². The van der Waals surface area contributed by atoms with Gasteiger partial charge in [-0.25, -0.2) is 4.98 Å². The Bertz CT molecular complexity index is 458. The van der Waals surface area contributed by atoms with Crippen molar-refractivity contribution in [3.63, 3.8) is 0 Å². The lowest BCUT2D eigenvalue weighted by molar-refractivity contribution is -0.148. The lowest BCUT2D eigenvalue weighted by Crippen LogP contribution is -2.51. The quantitative estimate of drug-likeness (QED) is 0.810. The number of hydrogen-bond acceptors (Lipinski definition) is 4. The number of carbonyl (C=O) groups is 1. The molecule has 20 heavy (non-hydrogen) atoms. The maximum absolute atomic E-state index is 12.2. The molecule has 0 bridgehead atoms. The molecule has 1 aromatic rings. The summed E-state index contributed by atoms with van der Waals surface area (Å²) < 4.78 is 7.25. The minimum atomic E-state index is -0.523. The first kappa shape index (κ1) is 15.0. The highest BCUT2D eigenvalue weighted by Crippen LogP contribution is 2.39. The van der Waals surface area contributed by atoms with Crippen LogP contribution in [0.5, 0.6) is 0 Å². The topological polar surface area (TPSA) is 56.1 Å². The minimum absolute atomic E-state index is 0.133. The number of imidazole rings is 1. The fourth-order valence-electron chi connectivity index (χ4n) is 3.18. The van der Waals surface area contributed by atoms with Gasteiger partial charge in [0, 0.05) is 24.9 Å². The van der Waals surface area contributed by atoms with Gasteiger partial charge in [0.05, 0.1) is 7.11 Å². The van der Waals surface area contributed by atoms with Crippen LogP contribution in [0.15, 0.2) is 12.4 Å². The number of esters is 1. The first-order valence-corrected chi connectivity index (χ1v) is 7.52. The van der Waals surface area contributed by atoms with Gasteiger partial charge in [-0.05, 0) is 32.2 Å². The Hall–Kier alpha value is -1.36. The van der Waals surface area contributed by atoms with Gasteiger partial charge >= 0.3 is 5.97 Å². The molecule has 1 aromatic heterocycles. The molecule has 1 N–H and O–H groups in total. The molecule has 1 saturated carbocycles. The van der Waals surface area contributed by atoms with Crippen LogP contribution in [0.1, 0.15) is 51.4 Å². The Balaban J connectivity index is 2.16. The lowest BCUT2D eigenvalue weighted by Gasteiger charge is -2.28. The van der Waals surface area contributed by atoms with Crippen molar-refractivity contribution in [3.8, 4) is 0 Å². The van der Waals surface area contributed by atoms with E-state index in [2.05, 4.69) is 28.7 Å². The Kier molecular flexibility index (Phi) is 4.81. The maximum Gasteiger partial charge on any atom is 0.326 e. The Morgan fingerprint density at radius 1 is 1.60 bits per heavy atom. The van der Waals surface area contributed by atoms with Gasteiger partial charge in [0.15, 0.2) is 0 Å². The molecule has 1 aliphatic rings. The molecule has 2 rings (SSSR count). The van der Waals surface area contributed by atoms with E-state index in [0.29, 0.717) is 6.04 Å². The molecule has 2 unspecified atom stereocenters. The van der Waals surface area contributed by atoms with Gasteiger partial charge in [0.1, 0.15) is 11.4 Å². The zero-order chi connectivity index (χ0) is 14.6. The van der Waals surface area contributed by atoms with Crippen LogP contribution < -0.4 is 5.32 Å². The van der Waals surface area contributed by atoms with Crippen LogP contribution in [-0.4, -0.2) is 34.7 Å². The van der Waals surface area contributed by atoms with Crippen molar-refractivity contribution in [2.45, 2.75) is 57.5 Å². The van der Waals surface area contributed by atoms with Crippen molar-refractivity contribution >= 4 is 5.97 Å². The van der Waals surface area contributed by atoms with E-state index < -0.39 is 5.54 Å². The van der Waals surface area contributed by atoms with E-state index >= 15 is 0 Å². The average Bonchev–Trinajstić information content (AvgIpc) is 3.11. The van der Waals surface area contributed by atoms with Gasteiger partial charge in [-0.1, -0.05) is 13.8 Å². The maximum atomic E-state index is 12.2. The summed E-state index contributed by atoms with van der Waals surface area (Å²) in [5.74, 6) is 0.956. The molecule has 0 spiro atoms. The summed E-state index contributed by atoms with van der Waals surface area (Å²) in [5.41, 5.74) is -0.523. The zero-order valence-electron chi connectivity index (χ0n) is 12.7. The molecule has 1 heterocycles. The van der Waals surface area contributed by atoms with Gasteiger partial charge in [-0.3, -0.25) is 4.79 Å². The molecule has 2 atom stereocenters. The number of nitrogens with zero attached hydrogens (tertiary/aromatic N) is 2. The van der Waals surface area contributed by atoms with Crippen molar-refractivity contribution in [1.29, 1.82) is 0 Å². The van der Waals surface area contributed by atoms with E-state index in [9.17, 15) is 4.79 Å². The first-order valence-electron chi connectivity index (χ1n) is 7.52. The van der Waals surface area contributed by atoms with E-state index in [-0.39, 0.29) is 5.97 Å². The van der Waals surface area contributed by atoms with Crippen molar-refractivity contribution in [2.75, 3.05) is 13.7 Å². The molecule has 5 nitrogen and oxygen atoms in total. The summed E-state index contributed by atoms with van der Waals surface area (Å²) in [7, 11) is 1.47. The predicted molar refractivity (Wildman–Crippen MR) is 77.5 cm³/mol. The molecule has 5 heteroatoms. The standard InChI is InChI=1S/C15H25N3O2/c1-4-8-17-15(14(19)20-3)7-6-12(11-15)18-10-9-16-13(18)5-2/h9-10,12,17H,4-8,11H2,1-3H3. The zero-order valence-corrected chi connectivity index (χ0v) is 12.7. The molecule has 0 radical (unpaired) electrons. The Labute approximate surface area is 120 Å². The number of nitrogens with one attached hydrogen (secondary N) is 1. The molecule has 0 aliphatic heterocycles. The number of methoxy groups -OCH3 is 1. The van der Waals surface area contributed by atoms with E-state index in [4.69, 9.17) is 4.74 Å². The molecule has 0 aromatic carbocycles. The van der Waals surface area contributed by atoms with Crippen molar-refractivity contribution in [1.82, 2.24) is 14.9 Å². The SMILES string of the molecule is CCCNC1(C(=O)OC)CCC(n2ccnc2CC)C1. The summed E-state index contributed by atoms with van der Waals surface area (Å²) in [6, 6.07) is 0.330. The van der Waals surface area contributed by atoms with Gasteiger partial charge in [-0.15, -0.1) is 0 Å². The van der Waals surface area contributed by atoms with Gasteiger partial charge in [0.25, 0.3) is 0 Å². The lowest BCUT2D eigenvalue weighted by atomic mass is 9.97. The number of carbonyl (C=O) groups excluding carboxylic acids is 1. The third-order valence-electron chi connectivity index (χ3n) is 4.24. The van der Waals surface area contributed by atoms with Crippen LogP contribution >= 0.6 is 0 Å².